The molecule has 0 aliphatic rings. The molecule has 1 heterocycles. The highest BCUT2D eigenvalue weighted by molar-refractivity contribution is 5.93. The van der Waals surface area contributed by atoms with Gasteiger partial charge in [-0.2, -0.15) is 0 Å². The molecular formula is C21H22N2O6. The molecule has 0 aliphatic carbocycles. The van der Waals surface area contributed by atoms with Gasteiger partial charge in [0, 0.05) is 12.7 Å². The van der Waals surface area contributed by atoms with E-state index in [1.54, 1.807) is 43.3 Å². The highest BCUT2D eigenvalue weighted by Gasteiger charge is 2.24. The molecule has 1 aromatic heterocycles. The van der Waals surface area contributed by atoms with Gasteiger partial charge in [0.15, 0.2) is 11.5 Å². The van der Waals surface area contributed by atoms with Crippen molar-refractivity contribution < 1.29 is 23.9 Å². The Labute approximate surface area is 167 Å². The molecular weight excluding hydrogens is 376 g/mol. The predicted octanol–water partition coefficient (Wildman–Crippen LogP) is 4.30. The number of esters is 1. The van der Waals surface area contributed by atoms with E-state index in [1.165, 1.54) is 7.11 Å². The zero-order valence-electron chi connectivity index (χ0n) is 16.7. The summed E-state index contributed by atoms with van der Waals surface area (Å²) in [7, 11) is 3.32. The fraction of sp³-hybridized carbons (Fsp3) is 0.286. The van der Waals surface area contributed by atoms with Gasteiger partial charge < -0.3 is 18.8 Å². The maximum Gasteiger partial charge on any atom is 0.320 e. The Hall–Kier alpha value is -3.55. The second-order valence-corrected chi connectivity index (χ2v) is 6.52. The molecule has 8 heteroatoms. The van der Waals surface area contributed by atoms with E-state index in [-0.39, 0.29) is 23.8 Å². The van der Waals surface area contributed by atoms with Crippen molar-refractivity contribution >= 4 is 22.6 Å². The van der Waals surface area contributed by atoms with Crippen molar-refractivity contribution in [2.24, 2.45) is 7.05 Å². The molecule has 29 heavy (non-hydrogen) atoms. The van der Waals surface area contributed by atoms with Crippen molar-refractivity contribution in [3.63, 3.8) is 0 Å². The Morgan fingerprint density at radius 3 is 2.52 bits per heavy atom. The molecule has 152 valence electrons. The smallest absolute Gasteiger partial charge is 0.320 e. The number of ether oxygens (including phenoxy) is 3. The topological polar surface area (TPSA) is 92.8 Å². The molecule has 0 spiro atoms. The number of aromatic nitrogens is 1. The summed E-state index contributed by atoms with van der Waals surface area (Å²) in [5, 5.41) is 12.3. The molecule has 0 radical (unpaired) electrons. The second-order valence-electron chi connectivity index (χ2n) is 6.52. The predicted molar refractivity (Wildman–Crippen MR) is 108 cm³/mol. The van der Waals surface area contributed by atoms with E-state index in [4.69, 9.17) is 14.2 Å². The fourth-order valence-electron chi connectivity index (χ4n) is 3.18. The standard InChI is InChI=1S/C21H22N2O6/c1-5-28-20(24)12-14-6-8-17(19(11-14)27-4)29-18-9-7-16-15(21(18)23(25)26)10-13(2)22(16)3/h6-11H,5,12H2,1-4H3. The van der Waals surface area contributed by atoms with Crippen molar-refractivity contribution in [2.75, 3.05) is 13.7 Å². The molecule has 2 aromatic carbocycles. The third-order valence-corrected chi connectivity index (χ3v) is 4.68. The molecule has 0 saturated heterocycles. The van der Waals surface area contributed by atoms with Gasteiger partial charge in [-0.3, -0.25) is 14.9 Å². The van der Waals surface area contributed by atoms with E-state index in [0.717, 1.165) is 11.2 Å². The number of nitrogens with zero attached hydrogens (tertiary/aromatic N) is 2. The number of hydrogen-bond acceptors (Lipinski definition) is 6. The number of fused-ring (bicyclic) bond motifs is 1. The van der Waals surface area contributed by atoms with Gasteiger partial charge in [0.2, 0.25) is 5.75 Å². The van der Waals surface area contributed by atoms with Crippen LogP contribution in [0.4, 0.5) is 5.69 Å². The molecule has 0 aliphatic heterocycles. The summed E-state index contributed by atoms with van der Waals surface area (Å²) >= 11 is 0. The number of carbonyl (C=O) groups is 1. The first-order valence-corrected chi connectivity index (χ1v) is 9.09. The average Bonchev–Trinajstić information content (AvgIpc) is 2.96. The third kappa shape index (κ3) is 4.01. The van der Waals surface area contributed by atoms with Crippen LogP contribution in [0, 0.1) is 17.0 Å². The average molecular weight is 398 g/mol. The third-order valence-electron chi connectivity index (χ3n) is 4.68. The molecule has 0 N–H and O–H groups in total. The number of methoxy groups -OCH3 is 1. The summed E-state index contributed by atoms with van der Waals surface area (Å²) in [6.07, 6.45) is 0.0971. The maximum absolute atomic E-state index is 11.8. The molecule has 0 fully saturated rings. The van der Waals surface area contributed by atoms with E-state index in [9.17, 15) is 14.9 Å². The van der Waals surface area contributed by atoms with Crippen LogP contribution in [-0.2, 0) is 23.0 Å². The first kappa shape index (κ1) is 20.2. The lowest BCUT2D eigenvalue weighted by atomic mass is 10.1. The summed E-state index contributed by atoms with van der Waals surface area (Å²) in [4.78, 5) is 23.0. The number of rotatable bonds is 7. The molecule has 0 amide bonds. The van der Waals surface area contributed by atoms with E-state index >= 15 is 0 Å². The number of nitro groups is 1. The van der Waals surface area contributed by atoms with Gasteiger partial charge in [0.05, 0.1) is 36.0 Å². The zero-order chi connectivity index (χ0) is 21.1. The van der Waals surface area contributed by atoms with Crippen LogP contribution in [0.5, 0.6) is 17.2 Å². The second kappa shape index (κ2) is 8.22. The van der Waals surface area contributed by atoms with E-state index in [0.29, 0.717) is 29.1 Å². The van der Waals surface area contributed by atoms with Crippen molar-refractivity contribution in [2.45, 2.75) is 20.3 Å². The number of hydrogen-bond donors (Lipinski definition) is 0. The molecule has 3 rings (SSSR count). The van der Waals surface area contributed by atoms with Crippen LogP contribution >= 0.6 is 0 Å². The summed E-state index contributed by atoms with van der Waals surface area (Å²) in [5.74, 6) is 0.453. The highest BCUT2D eigenvalue weighted by Crippen LogP contribution is 2.41. The Morgan fingerprint density at radius 1 is 1.14 bits per heavy atom. The fourth-order valence-corrected chi connectivity index (χ4v) is 3.18. The van der Waals surface area contributed by atoms with Crippen LogP contribution in [0.15, 0.2) is 36.4 Å². The van der Waals surface area contributed by atoms with Crippen LogP contribution in [0.2, 0.25) is 0 Å². The summed E-state index contributed by atoms with van der Waals surface area (Å²) in [6.45, 7) is 3.94. The van der Waals surface area contributed by atoms with Gasteiger partial charge in [-0.15, -0.1) is 0 Å². The number of aryl methyl sites for hydroxylation is 2. The van der Waals surface area contributed by atoms with Gasteiger partial charge in [-0.1, -0.05) is 6.07 Å². The van der Waals surface area contributed by atoms with Gasteiger partial charge in [0.1, 0.15) is 0 Å². The highest BCUT2D eigenvalue weighted by atomic mass is 16.6. The van der Waals surface area contributed by atoms with Gasteiger partial charge in [0.25, 0.3) is 0 Å². The van der Waals surface area contributed by atoms with Crippen molar-refractivity contribution in [1.82, 2.24) is 4.57 Å². The molecule has 8 nitrogen and oxygen atoms in total. The Morgan fingerprint density at radius 2 is 1.86 bits per heavy atom. The summed E-state index contributed by atoms with van der Waals surface area (Å²) in [5.41, 5.74) is 2.24. The Kier molecular flexibility index (Phi) is 5.72. The SMILES string of the molecule is CCOC(=O)Cc1ccc(Oc2ccc3c(cc(C)n3C)c2[N+](=O)[O-])c(OC)c1. The summed E-state index contributed by atoms with van der Waals surface area (Å²) in [6, 6.07) is 10.1. The van der Waals surface area contributed by atoms with Crippen LogP contribution in [0.1, 0.15) is 18.2 Å². The zero-order valence-corrected chi connectivity index (χ0v) is 16.7. The maximum atomic E-state index is 11.8. The van der Waals surface area contributed by atoms with Gasteiger partial charge in [-0.05, 0) is 49.7 Å². The van der Waals surface area contributed by atoms with Crippen LogP contribution in [-0.4, -0.2) is 29.2 Å². The van der Waals surface area contributed by atoms with Crippen LogP contribution < -0.4 is 9.47 Å². The first-order chi connectivity index (χ1) is 13.8. The van der Waals surface area contributed by atoms with Crippen LogP contribution in [0.3, 0.4) is 0 Å². The minimum Gasteiger partial charge on any atom is -0.493 e. The molecule has 0 bridgehead atoms. The van der Waals surface area contributed by atoms with E-state index in [1.807, 2.05) is 18.5 Å². The normalized spacial score (nSPS) is 10.8. The largest absolute Gasteiger partial charge is 0.493 e. The monoisotopic (exact) mass is 398 g/mol. The van der Waals surface area contributed by atoms with Crippen molar-refractivity contribution in [3.05, 3.63) is 57.8 Å². The lowest BCUT2D eigenvalue weighted by Gasteiger charge is -2.12. The Balaban J connectivity index is 1.99. The van der Waals surface area contributed by atoms with Crippen molar-refractivity contribution in [3.8, 4) is 17.2 Å². The molecule has 0 atom stereocenters. The summed E-state index contributed by atoms with van der Waals surface area (Å²) < 4.78 is 18.1. The number of nitro benzene ring substituents is 1. The Bertz CT molecular complexity index is 1090. The minimum atomic E-state index is -0.446. The first-order valence-electron chi connectivity index (χ1n) is 9.09. The van der Waals surface area contributed by atoms with Crippen molar-refractivity contribution in [1.29, 1.82) is 0 Å². The molecule has 0 unspecified atom stereocenters. The van der Waals surface area contributed by atoms with Gasteiger partial charge in [-0.25, -0.2) is 0 Å². The van der Waals surface area contributed by atoms with Gasteiger partial charge >= 0.3 is 11.7 Å². The molecule has 0 saturated carbocycles. The van der Waals surface area contributed by atoms with Crippen LogP contribution in [0.25, 0.3) is 10.9 Å². The lowest BCUT2D eigenvalue weighted by Crippen LogP contribution is -2.07. The minimum absolute atomic E-state index is 0.0971. The number of carbonyl (C=O) groups excluding carboxylic acids is 1. The lowest BCUT2D eigenvalue weighted by molar-refractivity contribution is -0.383. The van der Waals surface area contributed by atoms with E-state index < -0.39 is 4.92 Å². The molecule has 3 aromatic rings. The van der Waals surface area contributed by atoms with E-state index in [2.05, 4.69) is 0 Å². The number of benzene rings is 2. The quantitative estimate of drug-likeness (QED) is 0.335.